The molecule has 3 aliphatic rings. The fraction of sp³-hybridized carbons (Fsp3) is 0.583. The number of ether oxygens (including phenoxy) is 1. The highest BCUT2D eigenvalue weighted by Gasteiger charge is 2.35. The van der Waals surface area contributed by atoms with Gasteiger partial charge in [0.2, 0.25) is 11.9 Å². The lowest BCUT2D eigenvalue weighted by Crippen LogP contribution is -2.47. The Bertz CT molecular complexity index is 1050. The topological polar surface area (TPSA) is 85.2 Å². The van der Waals surface area contributed by atoms with Gasteiger partial charge in [-0.15, -0.1) is 0 Å². The molecule has 8 nitrogen and oxygen atoms in total. The van der Waals surface area contributed by atoms with Crippen LogP contribution in [0.3, 0.4) is 0 Å². The number of rotatable bonds is 7. The number of pyridine rings is 1. The van der Waals surface area contributed by atoms with E-state index in [4.69, 9.17) is 9.72 Å². The Hall–Kier alpha value is -2.90. The first-order valence-corrected chi connectivity index (χ1v) is 11.9. The summed E-state index contributed by atoms with van der Waals surface area (Å²) in [6.45, 7) is 5.64. The molecule has 2 aromatic heterocycles. The Morgan fingerprint density at radius 3 is 2.94 bits per heavy atom. The van der Waals surface area contributed by atoms with Crippen LogP contribution in [-0.2, 0) is 6.54 Å². The van der Waals surface area contributed by atoms with Crippen LogP contribution in [0.5, 0.6) is 6.01 Å². The first-order chi connectivity index (χ1) is 15.7. The first kappa shape index (κ1) is 21.0. The molecule has 0 saturated carbocycles. The number of fused-ring (bicyclic) bond motifs is 4. The minimum Gasteiger partial charge on any atom is -0.464 e. The molecule has 32 heavy (non-hydrogen) atoms. The van der Waals surface area contributed by atoms with Gasteiger partial charge in [-0.1, -0.05) is 17.7 Å². The van der Waals surface area contributed by atoms with Crippen LogP contribution in [0.25, 0.3) is 0 Å². The fourth-order valence-electron chi connectivity index (χ4n) is 5.29. The smallest absolute Gasteiger partial charge is 0.323 e. The van der Waals surface area contributed by atoms with E-state index in [-0.39, 0.29) is 5.56 Å². The molecule has 170 valence electrons. The SMILES string of the molecule is CCOc1nc(NCCC2=CCCCC2)nc(N2C[C@@H]3C[C@@H](C2)c2cccc(=O)n2C3)n1. The summed E-state index contributed by atoms with van der Waals surface area (Å²) in [6.07, 6.45) is 9.51. The van der Waals surface area contributed by atoms with E-state index in [1.54, 1.807) is 6.07 Å². The molecule has 2 bridgehead atoms. The minimum atomic E-state index is 0.101. The molecule has 1 aliphatic carbocycles. The van der Waals surface area contributed by atoms with Crippen molar-refractivity contribution in [1.29, 1.82) is 0 Å². The van der Waals surface area contributed by atoms with Crippen molar-refractivity contribution >= 4 is 11.9 Å². The average molecular weight is 437 g/mol. The highest BCUT2D eigenvalue weighted by Crippen LogP contribution is 2.36. The Balaban J connectivity index is 1.33. The van der Waals surface area contributed by atoms with Gasteiger partial charge >= 0.3 is 6.01 Å². The van der Waals surface area contributed by atoms with E-state index in [9.17, 15) is 4.79 Å². The molecule has 0 spiro atoms. The molecule has 1 fully saturated rings. The summed E-state index contributed by atoms with van der Waals surface area (Å²) < 4.78 is 7.60. The zero-order valence-corrected chi connectivity index (χ0v) is 18.8. The third kappa shape index (κ3) is 4.49. The van der Waals surface area contributed by atoms with Crippen molar-refractivity contribution in [3.63, 3.8) is 0 Å². The lowest BCUT2D eigenvalue weighted by Gasteiger charge is -2.42. The Morgan fingerprint density at radius 2 is 2.09 bits per heavy atom. The molecule has 1 saturated heterocycles. The maximum absolute atomic E-state index is 12.3. The van der Waals surface area contributed by atoms with Gasteiger partial charge in [-0.25, -0.2) is 0 Å². The van der Waals surface area contributed by atoms with Crippen LogP contribution in [0.4, 0.5) is 11.9 Å². The van der Waals surface area contributed by atoms with Gasteiger partial charge in [-0.2, -0.15) is 15.0 Å². The van der Waals surface area contributed by atoms with E-state index in [1.165, 1.54) is 31.3 Å². The highest BCUT2D eigenvalue weighted by molar-refractivity contribution is 5.40. The van der Waals surface area contributed by atoms with Gasteiger partial charge in [0.1, 0.15) is 0 Å². The summed E-state index contributed by atoms with van der Waals surface area (Å²) in [7, 11) is 0. The summed E-state index contributed by atoms with van der Waals surface area (Å²) in [5.74, 6) is 1.94. The second-order valence-corrected chi connectivity index (χ2v) is 9.06. The Kier molecular flexibility index (Phi) is 6.10. The van der Waals surface area contributed by atoms with E-state index in [0.29, 0.717) is 36.3 Å². The predicted molar refractivity (Wildman–Crippen MR) is 124 cm³/mol. The van der Waals surface area contributed by atoms with Crippen LogP contribution in [-0.4, -0.2) is 45.8 Å². The maximum atomic E-state index is 12.3. The van der Waals surface area contributed by atoms with E-state index in [0.717, 1.165) is 44.7 Å². The van der Waals surface area contributed by atoms with Crippen LogP contribution >= 0.6 is 0 Å². The van der Waals surface area contributed by atoms with Crippen molar-refractivity contribution in [2.45, 2.75) is 57.9 Å². The number of piperidine rings is 1. The Labute approximate surface area is 188 Å². The molecule has 2 aliphatic heterocycles. The van der Waals surface area contributed by atoms with Gasteiger partial charge < -0.3 is 19.5 Å². The average Bonchev–Trinajstić information content (AvgIpc) is 2.81. The van der Waals surface area contributed by atoms with Crippen molar-refractivity contribution in [2.24, 2.45) is 5.92 Å². The minimum absolute atomic E-state index is 0.101. The Morgan fingerprint density at radius 1 is 1.16 bits per heavy atom. The summed E-state index contributed by atoms with van der Waals surface area (Å²) in [5.41, 5.74) is 2.75. The lowest BCUT2D eigenvalue weighted by molar-refractivity contribution is 0.277. The molecule has 5 rings (SSSR count). The molecule has 0 aromatic carbocycles. The number of nitrogens with one attached hydrogen (secondary N) is 1. The van der Waals surface area contributed by atoms with Crippen molar-refractivity contribution in [3.8, 4) is 6.01 Å². The standard InChI is InChI=1S/C24H32N6O2/c1-2-32-24-27-22(25-12-11-17-7-4-3-5-8-17)26-23(28-24)29-14-18-13-19(16-29)20-9-6-10-21(31)30(20)15-18/h6-7,9-10,18-19H,2-5,8,11-16H2,1H3,(H,25,26,27,28)/t18-,19-/m0/s1. The number of nitrogens with zero attached hydrogens (tertiary/aromatic N) is 5. The number of hydrogen-bond donors (Lipinski definition) is 1. The van der Waals surface area contributed by atoms with E-state index >= 15 is 0 Å². The summed E-state index contributed by atoms with van der Waals surface area (Å²) in [6, 6.07) is 5.97. The molecule has 8 heteroatoms. The van der Waals surface area contributed by atoms with Gasteiger partial charge in [-0.05, 0) is 57.4 Å². The summed E-state index contributed by atoms with van der Waals surface area (Å²) >= 11 is 0. The lowest BCUT2D eigenvalue weighted by atomic mass is 9.83. The van der Waals surface area contributed by atoms with E-state index < -0.39 is 0 Å². The van der Waals surface area contributed by atoms with Crippen molar-refractivity contribution in [3.05, 3.63) is 45.9 Å². The molecule has 1 N–H and O–H groups in total. The van der Waals surface area contributed by atoms with Gasteiger partial charge in [0.05, 0.1) is 6.61 Å². The monoisotopic (exact) mass is 436 g/mol. The van der Waals surface area contributed by atoms with Crippen LogP contribution in [0, 0.1) is 5.92 Å². The van der Waals surface area contributed by atoms with E-state index in [2.05, 4.69) is 32.3 Å². The number of aromatic nitrogens is 4. The molecule has 0 radical (unpaired) electrons. The molecular weight excluding hydrogens is 404 g/mol. The zero-order valence-electron chi connectivity index (χ0n) is 18.8. The quantitative estimate of drug-likeness (QED) is 0.666. The molecule has 2 atom stereocenters. The van der Waals surface area contributed by atoms with Gasteiger partial charge in [0.25, 0.3) is 5.56 Å². The van der Waals surface area contributed by atoms with Crippen molar-refractivity contribution in [1.82, 2.24) is 19.5 Å². The number of allylic oxidation sites excluding steroid dienone is 1. The third-order valence-electron chi connectivity index (χ3n) is 6.75. The third-order valence-corrected chi connectivity index (χ3v) is 6.75. The van der Waals surface area contributed by atoms with Crippen LogP contribution in [0.1, 0.15) is 57.1 Å². The molecule has 4 heterocycles. The van der Waals surface area contributed by atoms with Crippen molar-refractivity contribution in [2.75, 3.05) is 36.5 Å². The van der Waals surface area contributed by atoms with Crippen LogP contribution in [0.2, 0.25) is 0 Å². The first-order valence-electron chi connectivity index (χ1n) is 11.9. The van der Waals surface area contributed by atoms with Gasteiger partial charge in [0, 0.05) is 43.9 Å². The van der Waals surface area contributed by atoms with Crippen LogP contribution < -0.4 is 20.5 Å². The van der Waals surface area contributed by atoms with Gasteiger partial charge in [-0.3, -0.25) is 4.79 Å². The normalized spacial score (nSPS) is 22.2. The zero-order chi connectivity index (χ0) is 21.9. The molecule has 0 unspecified atom stereocenters. The van der Waals surface area contributed by atoms with Crippen LogP contribution in [0.15, 0.2) is 34.6 Å². The second-order valence-electron chi connectivity index (χ2n) is 9.06. The summed E-state index contributed by atoms with van der Waals surface area (Å²) in [4.78, 5) is 28.4. The van der Waals surface area contributed by atoms with Gasteiger partial charge in [0.15, 0.2) is 0 Å². The molecule has 2 aromatic rings. The highest BCUT2D eigenvalue weighted by atomic mass is 16.5. The fourth-order valence-corrected chi connectivity index (χ4v) is 5.29. The number of hydrogen-bond acceptors (Lipinski definition) is 7. The predicted octanol–water partition coefficient (Wildman–Crippen LogP) is 3.36. The van der Waals surface area contributed by atoms with Crippen molar-refractivity contribution < 1.29 is 4.74 Å². The molecule has 0 amide bonds. The van der Waals surface area contributed by atoms with E-state index in [1.807, 2.05) is 17.6 Å². The largest absolute Gasteiger partial charge is 0.464 e. The second kappa shape index (κ2) is 9.30. The molecular formula is C24H32N6O2. The number of anilines is 2. The maximum Gasteiger partial charge on any atom is 0.323 e. The summed E-state index contributed by atoms with van der Waals surface area (Å²) in [5, 5.41) is 3.39.